The molecule has 8 heterocycles. The summed E-state index contributed by atoms with van der Waals surface area (Å²) in [4.78, 5) is 27.3. The fourth-order valence-electron chi connectivity index (χ4n) is 16.8. The number of para-hydroxylation sites is 1. The highest BCUT2D eigenvalue weighted by Gasteiger charge is 2.46. The van der Waals surface area contributed by atoms with Gasteiger partial charge in [0.2, 0.25) is 63.0 Å². The number of hydrogen-bond donors (Lipinski definition) is 7. The Bertz CT molecular complexity index is 7340. The van der Waals surface area contributed by atoms with Crippen LogP contribution < -0.4 is 53.5 Å². The third-order valence-electron chi connectivity index (χ3n) is 24.5. The summed E-state index contributed by atoms with van der Waals surface area (Å²) in [6.07, 6.45) is -1.20. The molecular formula is C109H113BrF6N20O13S. The van der Waals surface area contributed by atoms with Gasteiger partial charge < -0.3 is 80.0 Å². The summed E-state index contributed by atoms with van der Waals surface area (Å²) in [5.74, 6) is 0.938. The van der Waals surface area contributed by atoms with E-state index in [1.54, 1.807) is 38.4 Å². The van der Waals surface area contributed by atoms with Gasteiger partial charge in [-0.25, -0.2) is 8.42 Å². The van der Waals surface area contributed by atoms with Crippen molar-refractivity contribution < 1.29 is 85.1 Å². The number of nitrogens with two attached hydrogens (primary N) is 5. The molecule has 782 valence electrons. The highest BCUT2D eigenvalue weighted by Crippen LogP contribution is 2.44. The van der Waals surface area contributed by atoms with Crippen molar-refractivity contribution in [3.8, 4) is 57.7 Å². The summed E-state index contributed by atoms with van der Waals surface area (Å²) in [7, 11) is 0.696. The molecule has 1 saturated heterocycles. The molecule has 1 amide bonds. The van der Waals surface area contributed by atoms with Crippen molar-refractivity contribution in [2.75, 3.05) is 27.9 Å². The van der Waals surface area contributed by atoms with Crippen LogP contribution in [0.4, 0.5) is 26.3 Å². The fraction of sp³-hybridized carbons (Fsp3) is 0.303. The van der Waals surface area contributed by atoms with Crippen molar-refractivity contribution in [3.63, 3.8) is 0 Å². The number of allylic oxidation sites excluding steroid dienone is 1. The van der Waals surface area contributed by atoms with Gasteiger partial charge in [0, 0.05) is 59.2 Å². The summed E-state index contributed by atoms with van der Waals surface area (Å²) in [6, 6.07) is 81.2. The lowest BCUT2D eigenvalue weighted by atomic mass is 9.90. The summed E-state index contributed by atoms with van der Waals surface area (Å²) >= 11 is 3.56. The van der Waals surface area contributed by atoms with Crippen LogP contribution in [-0.4, -0.2) is 125 Å². The Morgan fingerprint density at radius 1 is 0.493 bits per heavy atom. The minimum Gasteiger partial charge on any atom is -0.497 e. The molecule has 0 bridgehead atoms. The molecule has 41 heteroatoms. The van der Waals surface area contributed by atoms with Gasteiger partial charge in [0.15, 0.2) is 17.3 Å². The van der Waals surface area contributed by atoms with E-state index in [0.717, 1.165) is 92.3 Å². The van der Waals surface area contributed by atoms with Crippen LogP contribution in [0.1, 0.15) is 177 Å². The van der Waals surface area contributed by atoms with E-state index < -0.39 is 79.9 Å². The fourth-order valence-corrected chi connectivity index (χ4v) is 19.4. The SMILES string of the molecule is COc1ccc(-c2ccc(-c3nnc([C@](C)(N)Cc4ccccc4)o3)o2)cc1.COc1ccc(S(=O)(=O)N2CC(Br)CC2c2nnc([C@](C)(N)Cc3ccccc3)o2)cc1OC.C[C@@](N)(Cc1ccccc1)c1nnc(-c2c3c(nc4ccccc24)CCCC3)o1.C[C@@](N)(Cc1ccccc1)c1nnc(C(CCC#N)NC(=O)C(F)(F)F)o1.C[C@@](N)(Cc1ccccc1)c1nnc(C(Cc2ccccc2)N/C=C/C(=O)C(F)(F)F)o1. The molecule has 150 heavy (non-hydrogen) atoms. The topological polar surface area (TPSA) is 498 Å². The lowest BCUT2D eigenvalue weighted by Gasteiger charge is -2.23. The van der Waals surface area contributed by atoms with Crippen molar-refractivity contribution >= 4 is 48.5 Å². The van der Waals surface area contributed by atoms with E-state index in [1.165, 1.54) is 42.6 Å². The number of ketones is 1. The number of nitriles is 1. The number of furan rings is 1. The van der Waals surface area contributed by atoms with E-state index in [1.807, 2.05) is 245 Å². The van der Waals surface area contributed by atoms with Gasteiger partial charge in [-0.3, -0.25) is 14.6 Å². The highest BCUT2D eigenvalue weighted by molar-refractivity contribution is 9.09. The Morgan fingerprint density at radius 2 is 0.933 bits per heavy atom. The highest BCUT2D eigenvalue weighted by atomic mass is 79.9. The van der Waals surface area contributed by atoms with Gasteiger partial charge in [-0.15, -0.1) is 51.0 Å². The number of hydrogen-bond acceptors (Lipinski definition) is 31. The number of nitrogens with one attached hydrogen (secondary N) is 2. The van der Waals surface area contributed by atoms with Crippen LogP contribution in [0.5, 0.6) is 17.2 Å². The third kappa shape index (κ3) is 28.8. The number of methoxy groups -OCH3 is 3. The predicted molar refractivity (Wildman–Crippen MR) is 549 cm³/mol. The van der Waals surface area contributed by atoms with Crippen molar-refractivity contribution in [1.29, 1.82) is 5.26 Å². The van der Waals surface area contributed by atoms with Gasteiger partial charge in [-0.05, 0) is 199 Å². The van der Waals surface area contributed by atoms with Gasteiger partial charge in [0.05, 0.1) is 71.1 Å². The molecular weight excluding hydrogens is 2020 g/mol. The van der Waals surface area contributed by atoms with Crippen LogP contribution in [0.15, 0.2) is 305 Å². The minimum absolute atomic E-state index is 0.0181. The van der Waals surface area contributed by atoms with Crippen molar-refractivity contribution in [2.24, 2.45) is 28.7 Å². The quantitative estimate of drug-likeness (QED) is 0.0112. The number of nitrogens with zero attached hydrogens (tertiary/aromatic N) is 13. The number of halogens is 7. The number of aromatic nitrogens is 11. The second kappa shape index (κ2) is 48.8. The molecule has 1 aliphatic carbocycles. The molecule has 0 saturated carbocycles. The van der Waals surface area contributed by atoms with E-state index in [-0.39, 0.29) is 64.5 Å². The number of pyridine rings is 1. The molecule has 12 N–H and O–H groups in total. The summed E-state index contributed by atoms with van der Waals surface area (Å²) < 4.78 is 154. The maximum atomic E-state index is 13.6. The monoisotopic (exact) mass is 2130 g/mol. The average molecular weight is 2140 g/mol. The van der Waals surface area contributed by atoms with E-state index in [2.05, 4.69) is 90.4 Å². The maximum absolute atomic E-state index is 13.6. The van der Waals surface area contributed by atoms with E-state index in [0.29, 0.717) is 97.6 Å². The Morgan fingerprint density at radius 3 is 1.42 bits per heavy atom. The van der Waals surface area contributed by atoms with Gasteiger partial charge in [-0.2, -0.15) is 35.9 Å². The molecule has 18 rings (SSSR count). The molecule has 33 nitrogen and oxygen atoms in total. The van der Waals surface area contributed by atoms with Crippen molar-refractivity contribution in [1.82, 2.24) is 70.9 Å². The normalized spacial score (nSPS) is 16.0. The Hall–Kier alpha value is -15.3. The number of carbonyl (C=O) groups excluding carboxylic acids is 2. The number of alkyl halides is 7. The van der Waals surface area contributed by atoms with Gasteiger partial charge >= 0.3 is 18.3 Å². The lowest BCUT2D eigenvalue weighted by molar-refractivity contribution is -0.174. The number of amides is 1. The first-order chi connectivity index (χ1) is 71.6. The largest absolute Gasteiger partial charge is 0.497 e. The Labute approximate surface area is 869 Å². The van der Waals surface area contributed by atoms with Crippen LogP contribution in [0, 0.1) is 11.3 Å². The maximum Gasteiger partial charge on any atom is 0.471 e. The van der Waals surface area contributed by atoms with Gasteiger partial charge in [0.25, 0.3) is 11.7 Å². The zero-order chi connectivity index (χ0) is 107. The first kappa shape index (κ1) is 110. The average Bonchev–Trinajstić information content (AvgIpc) is 1.47. The number of aryl methyl sites for hydroxylation is 1. The standard InChI is InChI=1S/C24H24N4O.C23H27BrN4O5S.C23H23F3N4O2.C22H21N3O3.C17H18F3N5O2/c1-24(25,15-16-9-3-2-4-10-16)23-28-27-22(29-23)21-17-11-5-7-13-19(17)26-20-14-8-6-12-18(20)21;1-23(25,13-15-7-5-4-6-8-15)22-27-26-21(33-22)18-11-16(24)14-28(18)34(29,30)17-9-10-19(31-2)20(12-17)32-3;1-22(27,15-17-10-6-3-7-11-17)21-30-29-20(32-21)18(14-16-8-4-2-5-9-16)28-13-12-19(31)23(24,25)26;1-22(23,14-15-6-4-3-5-7-15)21-25-24-20(28-21)19-13-12-18(27-19)16-8-10-17(26-2)11-9-16;1-16(22,10-11-6-3-2-4-7-11)15-25-24-13(27-15)12(8-5-9-21)23-14(26)17(18,19)20/h2-5,7,9-11,13H,6,8,12,14-15,25H2,1H3;4-10,12,16,18H,11,13-14,25H2,1-3H3;2-13,18,28H,14-15,27H2,1H3;3-13H,14,23H2,1-2H3;2-4,6-7,12H,5,8,10,22H2,1H3,(H,23,26)/b;;13-12+;;/t24-;16?,18?,23-;18?,22-;22-;12?,16-/m11111/s1. The molecule has 9 atom stereocenters. The first-order valence-electron chi connectivity index (χ1n) is 47.8. The predicted octanol–water partition coefficient (Wildman–Crippen LogP) is 18.9. The Balaban J connectivity index is 0.000000148. The van der Waals surface area contributed by atoms with Gasteiger partial charge in [-0.1, -0.05) is 216 Å². The minimum atomic E-state index is -5.07. The van der Waals surface area contributed by atoms with Crippen LogP contribution in [-0.2, 0) is 98.7 Å². The molecule has 7 aromatic heterocycles. The number of fused-ring (bicyclic) bond motifs is 2. The number of ether oxygens (including phenoxy) is 3. The van der Waals surface area contributed by atoms with E-state index in [9.17, 15) is 44.3 Å². The van der Waals surface area contributed by atoms with Crippen LogP contribution in [0.25, 0.3) is 45.3 Å². The molecule has 0 radical (unpaired) electrons. The van der Waals surface area contributed by atoms with Crippen molar-refractivity contribution in [3.05, 3.63) is 365 Å². The molecule has 2 aliphatic rings. The number of carbonyl (C=O) groups is 2. The lowest BCUT2D eigenvalue weighted by Crippen LogP contribution is -2.39. The summed E-state index contributed by atoms with van der Waals surface area (Å²) in [6.45, 7) is 9.30. The number of rotatable bonds is 34. The molecule has 4 unspecified atom stereocenters. The first-order valence-corrected chi connectivity index (χ1v) is 50.2. The zero-order valence-corrected chi connectivity index (χ0v) is 85.7. The van der Waals surface area contributed by atoms with Crippen LogP contribution >= 0.6 is 15.9 Å². The van der Waals surface area contributed by atoms with Gasteiger partial charge in [0.1, 0.15) is 29.6 Å². The molecule has 16 aromatic rings. The second-order valence-electron chi connectivity index (χ2n) is 37.4. The van der Waals surface area contributed by atoms with Crippen LogP contribution in [0.2, 0.25) is 0 Å². The van der Waals surface area contributed by atoms with Crippen LogP contribution in [0.3, 0.4) is 0 Å². The summed E-state index contributed by atoms with van der Waals surface area (Å²) in [5, 5.41) is 55.4. The molecule has 0 spiro atoms. The smallest absolute Gasteiger partial charge is 0.471 e. The summed E-state index contributed by atoms with van der Waals surface area (Å²) in [5.41, 5.74) is 39.2. The second-order valence-corrected chi connectivity index (χ2v) is 40.5. The van der Waals surface area contributed by atoms with E-state index >= 15 is 0 Å². The number of sulfonamides is 1. The third-order valence-corrected chi connectivity index (χ3v) is 27.0. The van der Waals surface area contributed by atoms with Crippen molar-refractivity contribution in [2.45, 2.75) is 186 Å². The molecule has 9 aromatic carbocycles. The molecule has 1 aliphatic heterocycles. The zero-order valence-electron chi connectivity index (χ0n) is 83.3. The Kier molecular flexibility index (Phi) is 35.9. The van der Waals surface area contributed by atoms with E-state index in [4.69, 9.17) is 79.6 Å². The molecule has 1 fully saturated rings. The number of benzene rings is 9.